The van der Waals surface area contributed by atoms with Gasteiger partial charge in [0, 0.05) is 13.0 Å². The van der Waals surface area contributed by atoms with Gasteiger partial charge in [0.05, 0.1) is 15.6 Å². The minimum atomic E-state index is 0.688. The van der Waals surface area contributed by atoms with Crippen molar-refractivity contribution in [1.29, 1.82) is 0 Å². The van der Waals surface area contributed by atoms with Crippen LogP contribution in [0.2, 0.25) is 0 Å². The van der Waals surface area contributed by atoms with E-state index in [0.717, 1.165) is 45.1 Å². The second-order valence-electron chi connectivity index (χ2n) is 5.00. The minimum absolute atomic E-state index is 0.688. The fourth-order valence-corrected chi connectivity index (χ4v) is 3.64. The van der Waals surface area contributed by atoms with Gasteiger partial charge in [0.2, 0.25) is 0 Å². The summed E-state index contributed by atoms with van der Waals surface area (Å²) in [5, 5.41) is 15.2. The van der Waals surface area contributed by atoms with Gasteiger partial charge in [-0.2, -0.15) is 0 Å². The first kappa shape index (κ1) is 14.6. The predicted molar refractivity (Wildman–Crippen MR) is 81.9 cm³/mol. The Balaban J connectivity index is 1.94. The molecule has 0 bridgehead atoms. The molecule has 4 nitrogen and oxygen atoms in total. The molecule has 0 radical (unpaired) electrons. The number of nitrogens with one attached hydrogen (secondary N) is 1. The van der Waals surface area contributed by atoms with E-state index in [-0.39, 0.29) is 0 Å². The van der Waals surface area contributed by atoms with Gasteiger partial charge in [-0.05, 0) is 26.3 Å². The zero-order chi connectivity index (χ0) is 13.8. The highest BCUT2D eigenvalue weighted by Gasteiger charge is 2.12. The molecule has 2 aromatic rings. The standard InChI is InChI=1S/C13H20N4S2/c1-8(2)7-14-6-5-11-16-17-13(19-11)12-9(3)15-10(4)18-12/h8,14H,5-7H2,1-4H3. The highest BCUT2D eigenvalue weighted by molar-refractivity contribution is 7.21. The fourth-order valence-electron chi connectivity index (χ4n) is 1.76. The first-order valence-corrected chi connectivity index (χ1v) is 8.17. The summed E-state index contributed by atoms with van der Waals surface area (Å²) in [6.45, 7) is 10.5. The number of nitrogens with zero attached hydrogens (tertiary/aromatic N) is 3. The Hall–Kier alpha value is -0.850. The first-order valence-electron chi connectivity index (χ1n) is 6.53. The van der Waals surface area contributed by atoms with Gasteiger partial charge in [0.15, 0.2) is 5.01 Å². The molecule has 6 heteroatoms. The van der Waals surface area contributed by atoms with Crippen LogP contribution in [0.5, 0.6) is 0 Å². The second kappa shape index (κ2) is 6.54. The van der Waals surface area contributed by atoms with Crippen LogP contribution in [-0.4, -0.2) is 28.3 Å². The number of aryl methyl sites for hydroxylation is 2. The zero-order valence-corrected chi connectivity index (χ0v) is 13.5. The molecule has 0 unspecified atom stereocenters. The fraction of sp³-hybridized carbons (Fsp3) is 0.615. The number of aromatic nitrogens is 3. The molecule has 2 rings (SSSR count). The Morgan fingerprint density at radius 1 is 1.16 bits per heavy atom. The summed E-state index contributed by atoms with van der Waals surface area (Å²) >= 11 is 3.37. The Morgan fingerprint density at radius 3 is 2.58 bits per heavy atom. The molecular formula is C13H20N4S2. The SMILES string of the molecule is Cc1nc(C)c(-c2nnc(CCNCC(C)C)s2)s1. The van der Waals surface area contributed by atoms with Crippen LogP contribution >= 0.6 is 22.7 Å². The zero-order valence-electron chi connectivity index (χ0n) is 11.9. The lowest BCUT2D eigenvalue weighted by Crippen LogP contribution is -2.22. The lowest BCUT2D eigenvalue weighted by Gasteiger charge is -2.04. The van der Waals surface area contributed by atoms with Crippen molar-refractivity contribution < 1.29 is 0 Å². The lowest BCUT2D eigenvalue weighted by molar-refractivity contribution is 0.553. The summed E-state index contributed by atoms with van der Waals surface area (Å²) < 4.78 is 0. The van der Waals surface area contributed by atoms with Gasteiger partial charge in [0.1, 0.15) is 5.01 Å². The maximum atomic E-state index is 4.44. The van der Waals surface area contributed by atoms with Gasteiger partial charge in [-0.25, -0.2) is 4.98 Å². The van der Waals surface area contributed by atoms with Crippen molar-refractivity contribution in [2.45, 2.75) is 34.1 Å². The lowest BCUT2D eigenvalue weighted by atomic mass is 10.2. The molecule has 2 aromatic heterocycles. The maximum Gasteiger partial charge on any atom is 0.159 e. The number of rotatable bonds is 6. The van der Waals surface area contributed by atoms with Gasteiger partial charge < -0.3 is 5.32 Å². The second-order valence-corrected chi connectivity index (χ2v) is 7.26. The van der Waals surface area contributed by atoms with Crippen molar-refractivity contribution in [3.05, 3.63) is 15.7 Å². The summed E-state index contributed by atoms with van der Waals surface area (Å²) in [5.74, 6) is 0.688. The summed E-state index contributed by atoms with van der Waals surface area (Å²) in [4.78, 5) is 5.60. The van der Waals surface area contributed by atoms with Crippen LogP contribution in [-0.2, 0) is 6.42 Å². The van der Waals surface area contributed by atoms with E-state index in [2.05, 4.69) is 34.3 Å². The summed E-state index contributed by atoms with van der Waals surface area (Å²) in [5.41, 5.74) is 1.06. The minimum Gasteiger partial charge on any atom is -0.316 e. The first-order chi connectivity index (χ1) is 9.06. The van der Waals surface area contributed by atoms with Crippen LogP contribution in [0.1, 0.15) is 29.6 Å². The summed E-state index contributed by atoms with van der Waals surface area (Å²) in [6, 6.07) is 0. The van der Waals surface area contributed by atoms with Crippen molar-refractivity contribution in [2.24, 2.45) is 5.92 Å². The van der Waals surface area contributed by atoms with Gasteiger partial charge in [-0.15, -0.1) is 21.5 Å². The van der Waals surface area contributed by atoms with Gasteiger partial charge >= 0.3 is 0 Å². The highest BCUT2D eigenvalue weighted by atomic mass is 32.1. The van der Waals surface area contributed by atoms with Crippen LogP contribution in [0.4, 0.5) is 0 Å². The molecule has 0 aromatic carbocycles. The smallest absolute Gasteiger partial charge is 0.159 e. The van der Waals surface area contributed by atoms with Crippen LogP contribution in [0.3, 0.4) is 0 Å². The van der Waals surface area contributed by atoms with E-state index < -0.39 is 0 Å². The molecule has 0 saturated carbocycles. The predicted octanol–water partition coefficient (Wildman–Crippen LogP) is 3.07. The molecule has 0 fully saturated rings. The third kappa shape index (κ3) is 4.06. The van der Waals surface area contributed by atoms with Crippen LogP contribution < -0.4 is 5.32 Å². The van der Waals surface area contributed by atoms with Crippen LogP contribution in [0.25, 0.3) is 9.88 Å². The third-order valence-electron chi connectivity index (χ3n) is 2.63. The molecule has 2 heterocycles. The van der Waals surface area contributed by atoms with E-state index in [1.807, 2.05) is 13.8 Å². The van der Waals surface area contributed by atoms with E-state index in [0.29, 0.717) is 5.92 Å². The van der Waals surface area contributed by atoms with Crippen molar-refractivity contribution in [3.63, 3.8) is 0 Å². The van der Waals surface area contributed by atoms with E-state index in [4.69, 9.17) is 0 Å². The van der Waals surface area contributed by atoms with E-state index in [9.17, 15) is 0 Å². The molecule has 0 aliphatic rings. The normalized spacial score (nSPS) is 11.4. The largest absolute Gasteiger partial charge is 0.316 e. The van der Waals surface area contributed by atoms with Crippen molar-refractivity contribution in [3.8, 4) is 9.88 Å². The summed E-state index contributed by atoms with van der Waals surface area (Å²) in [7, 11) is 0. The highest BCUT2D eigenvalue weighted by Crippen LogP contribution is 2.31. The quantitative estimate of drug-likeness (QED) is 0.832. The molecule has 0 aliphatic heterocycles. The Bertz CT molecular complexity index is 530. The molecule has 0 saturated heterocycles. The number of hydrogen-bond acceptors (Lipinski definition) is 6. The molecule has 0 spiro atoms. The maximum absolute atomic E-state index is 4.44. The van der Waals surface area contributed by atoms with Gasteiger partial charge in [-0.1, -0.05) is 25.2 Å². The average Bonchev–Trinajstić information content (AvgIpc) is 2.91. The van der Waals surface area contributed by atoms with E-state index in [1.165, 1.54) is 0 Å². The van der Waals surface area contributed by atoms with E-state index >= 15 is 0 Å². The Kier molecular flexibility index (Phi) is 5.01. The molecule has 0 aliphatic carbocycles. The average molecular weight is 296 g/mol. The molecule has 0 atom stereocenters. The van der Waals surface area contributed by atoms with Crippen molar-refractivity contribution >= 4 is 22.7 Å². The molecule has 104 valence electrons. The topological polar surface area (TPSA) is 50.7 Å². The molecule has 19 heavy (non-hydrogen) atoms. The number of thiazole rings is 1. The van der Waals surface area contributed by atoms with Gasteiger partial charge in [-0.3, -0.25) is 0 Å². The Labute approximate surface area is 122 Å². The van der Waals surface area contributed by atoms with Crippen LogP contribution in [0.15, 0.2) is 0 Å². The third-order valence-corrected chi connectivity index (χ3v) is 4.84. The molecular weight excluding hydrogens is 276 g/mol. The summed E-state index contributed by atoms with van der Waals surface area (Å²) in [6.07, 6.45) is 0.946. The van der Waals surface area contributed by atoms with Crippen molar-refractivity contribution in [1.82, 2.24) is 20.5 Å². The van der Waals surface area contributed by atoms with Crippen LogP contribution in [0, 0.1) is 19.8 Å². The Morgan fingerprint density at radius 2 is 1.95 bits per heavy atom. The molecule has 0 amide bonds. The monoisotopic (exact) mass is 296 g/mol. The molecule has 1 N–H and O–H groups in total. The van der Waals surface area contributed by atoms with Crippen molar-refractivity contribution in [2.75, 3.05) is 13.1 Å². The number of hydrogen-bond donors (Lipinski definition) is 1. The van der Waals surface area contributed by atoms with Gasteiger partial charge in [0.25, 0.3) is 0 Å². The van der Waals surface area contributed by atoms with E-state index in [1.54, 1.807) is 22.7 Å².